The molecule has 0 aliphatic rings. The zero-order chi connectivity index (χ0) is 13.9. The maximum absolute atomic E-state index is 11.0. The summed E-state index contributed by atoms with van der Waals surface area (Å²) in [5.74, 6) is -1.11. The fourth-order valence-corrected chi connectivity index (χ4v) is 2.01. The molecule has 3 nitrogen and oxygen atoms in total. The van der Waals surface area contributed by atoms with Crippen LogP contribution < -0.4 is 4.90 Å². The molecule has 1 aromatic carbocycles. The molecule has 0 aliphatic carbocycles. The van der Waals surface area contributed by atoms with E-state index in [4.69, 9.17) is 5.11 Å². The first-order chi connectivity index (χ1) is 8.34. The summed E-state index contributed by atoms with van der Waals surface area (Å²) >= 11 is 0. The summed E-state index contributed by atoms with van der Waals surface area (Å²) in [4.78, 5) is 13.2. The van der Waals surface area contributed by atoms with E-state index in [0.29, 0.717) is 6.54 Å². The number of carboxylic acid groups (broad SMARTS) is 1. The highest BCUT2D eigenvalue weighted by Gasteiger charge is 2.20. The van der Waals surface area contributed by atoms with Crippen molar-refractivity contribution in [1.29, 1.82) is 0 Å². The first-order valence-electron chi connectivity index (χ1n) is 6.40. The Morgan fingerprint density at radius 2 is 1.89 bits per heavy atom. The van der Waals surface area contributed by atoms with Crippen molar-refractivity contribution in [2.45, 2.75) is 40.7 Å². The van der Waals surface area contributed by atoms with Gasteiger partial charge in [-0.25, -0.2) is 0 Å². The number of aryl methyl sites for hydroxylation is 1. The molecular formula is C15H23NO2. The first kappa shape index (κ1) is 14.6. The van der Waals surface area contributed by atoms with Crippen LogP contribution in [0.15, 0.2) is 18.2 Å². The predicted molar refractivity (Wildman–Crippen MR) is 75.2 cm³/mol. The highest BCUT2D eigenvalue weighted by molar-refractivity contribution is 5.71. The van der Waals surface area contributed by atoms with Gasteiger partial charge in [-0.3, -0.25) is 4.79 Å². The minimum atomic E-state index is -0.744. The quantitative estimate of drug-likeness (QED) is 0.871. The van der Waals surface area contributed by atoms with E-state index in [2.05, 4.69) is 44.7 Å². The van der Waals surface area contributed by atoms with Crippen molar-refractivity contribution < 1.29 is 9.90 Å². The minimum Gasteiger partial charge on any atom is -0.481 e. The molecule has 0 aromatic heterocycles. The molecule has 1 unspecified atom stereocenters. The number of aliphatic carboxylic acids is 1. The van der Waals surface area contributed by atoms with Gasteiger partial charge in [0, 0.05) is 18.3 Å². The molecule has 0 spiro atoms. The maximum Gasteiger partial charge on any atom is 0.308 e. The van der Waals surface area contributed by atoms with Gasteiger partial charge in [-0.1, -0.05) is 19.1 Å². The number of carbonyl (C=O) groups is 1. The van der Waals surface area contributed by atoms with E-state index < -0.39 is 5.97 Å². The fourth-order valence-electron chi connectivity index (χ4n) is 2.01. The van der Waals surface area contributed by atoms with Gasteiger partial charge < -0.3 is 10.0 Å². The Labute approximate surface area is 109 Å². The largest absolute Gasteiger partial charge is 0.481 e. The van der Waals surface area contributed by atoms with Crippen LogP contribution in [0.4, 0.5) is 5.69 Å². The Bertz CT molecular complexity index is 427. The molecule has 18 heavy (non-hydrogen) atoms. The van der Waals surface area contributed by atoms with E-state index in [1.165, 1.54) is 11.1 Å². The second kappa shape index (κ2) is 5.89. The predicted octanol–water partition coefficient (Wildman–Crippen LogP) is 3.24. The van der Waals surface area contributed by atoms with Crippen LogP contribution in [0.5, 0.6) is 0 Å². The lowest BCUT2D eigenvalue weighted by Gasteiger charge is -2.32. The number of hydrogen-bond acceptors (Lipinski definition) is 2. The van der Waals surface area contributed by atoms with Gasteiger partial charge in [-0.2, -0.15) is 0 Å². The summed E-state index contributed by atoms with van der Waals surface area (Å²) < 4.78 is 0. The van der Waals surface area contributed by atoms with Gasteiger partial charge in [0.2, 0.25) is 0 Å². The molecule has 0 saturated heterocycles. The zero-order valence-corrected chi connectivity index (χ0v) is 11.9. The Balaban J connectivity index is 3.05. The average molecular weight is 249 g/mol. The van der Waals surface area contributed by atoms with Crippen molar-refractivity contribution in [3.05, 3.63) is 29.3 Å². The van der Waals surface area contributed by atoms with Gasteiger partial charge in [0.05, 0.1) is 5.92 Å². The molecule has 0 amide bonds. The van der Waals surface area contributed by atoms with Crippen molar-refractivity contribution in [2.75, 3.05) is 11.4 Å². The molecule has 1 N–H and O–H groups in total. The molecule has 0 saturated carbocycles. The lowest BCUT2D eigenvalue weighted by atomic mass is 10.0. The summed E-state index contributed by atoms with van der Waals surface area (Å²) in [6.07, 6.45) is 0. The van der Waals surface area contributed by atoms with Gasteiger partial charge in [-0.05, 0) is 44.9 Å². The third-order valence-corrected chi connectivity index (χ3v) is 3.40. The van der Waals surface area contributed by atoms with Gasteiger partial charge in [0.25, 0.3) is 0 Å². The molecule has 100 valence electrons. The smallest absolute Gasteiger partial charge is 0.308 e. The van der Waals surface area contributed by atoms with Crippen molar-refractivity contribution in [3.8, 4) is 0 Å². The van der Waals surface area contributed by atoms with E-state index in [-0.39, 0.29) is 12.0 Å². The van der Waals surface area contributed by atoms with Crippen LogP contribution in [-0.2, 0) is 4.79 Å². The highest BCUT2D eigenvalue weighted by Crippen LogP contribution is 2.25. The number of anilines is 1. The van der Waals surface area contributed by atoms with Crippen molar-refractivity contribution in [3.63, 3.8) is 0 Å². The molecule has 1 atom stereocenters. The van der Waals surface area contributed by atoms with Gasteiger partial charge in [-0.15, -0.1) is 0 Å². The summed E-state index contributed by atoms with van der Waals surface area (Å²) in [6, 6.07) is 6.46. The van der Waals surface area contributed by atoms with Crippen LogP contribution in [0.1, 0.15) is 31.9 Å². The normalized spacial score (nSPS) is 12.6. The van der Waals surface area contributed by atoms with E-state index >= 15 is 0 Å². The Hall–Kier alpha value is -1.51. The third kappa shape index (κ3) is 3.25. The van der Waals surface area contributed by atoms with Crippen LogP contribution in [0.3, 0.4) is 0 Å². The van der Waals surface area contributed by atoms with Crippen LogP contribution in [0, 0.1) is 19.8 Å². The third-order valence-electron chi connectivity index (χ3n) is 3.40. The molecule has 0 radical (unpaired) electrons. The second-order valence-electron chi connectivity index (χ2n) is 5.20. The summed E-state index contributed by atoms with van der Waals surface area (Å²) in [6.45, 7) is 10.6. The SMILES string of the molecule is Cc1cccc(N(CC(C)C(=O)O)C(C)C)c1C. The van der Waals surface area contributed by atoms with E-state index in [1.54, 1.807) is 6.92 Å². The van der Waals surface area contributed by atoms with E-state index in [9.17, 15) is 4.79 Å². The summed E-state index contributed by atoms with van der Waals surface area (Å²) in [5, 5.41) is 9.06. The number of hydrogen-bond donors (Lipinski definition) is 1. The summed E-state index contributed by atoms with van der Waals surface area (Å²) in [5.41, 5.74) is 3.60. The standard InChI is InChI=1S/C15H23NO2/c1-10(2)16(9-12(4)15(17)18)14-8-6-7-11(3)13(14)5/h6-8,10,12H,9H2,1-5H3,(H,17,18). The molecule has 0 bridgehead atoms. The number of carboxylic acids is 1. The molecule has 0 fully saturated rings. The van der Waals surface area contributed by atoms with E-state index in [0.717, 1.165) is 5.69 Å². The molecule has 1 rings (SSSR count). The highest BCUT2D eigenvalue weighted by atomic mass is 16.4. The zero-order valence-electron chi connectivity index (χ0n) is 11.9. The molecule has 1 aromatic rings. The van der Waals surface area contributed by atoms with Crippen LogP contribution >= 0.6 is 0 Å². The number of rotatable bonds is 5. The minimum absolute atomic E-state index is 0.285. The second-order valence-corrected chi connectivity index (χ2v) is 5.20. The fraction of sp³-hybridized carbons (Fsp3) is 0.533. The van der Waals surface area contributed by atoms with Crippen molar-refractivity contribution in [1.82, 2.24) is 0 Å². The Kier molecular flexibility index (Phi) is 4.76. The van der Waals surface area contributed by atoms with Gasteiger partial charge in [0.1, 0.15) is 0 Å². The average Bonchev–Trinajstić information content (AvgIpc) is 2.29. The first-order valence-corrected chi connectivity index (χ1v) is 6.40. The van der Waals surface area contributed by atoms with Crippen LogP contribution in [0.25, 0.3) is 0 Å². The Morgan fingerprint density at radius 3 is 2.39 bits per heavy atom. The van der Waals surface area contributed by atoms with Crippen molar-refractivity contribution >= 4 is 11.7 Å². The molecule has 0 aliphatic heterocycles. The van der Waals surface area contributed by atoms with Gasteiger partial charge in [0.15, 0.2) is 0 Å². The molecule has 0 heterocycles. The topological polar surface area (TPSA) is 40.5 Å². The van der Waals surface area contributed by atoms with E-state index in [1.807, 2.05) is 6.07 Å². The summed E-state index contributed by atoms with van der Waals surface area (Å²) in [7, 11) is 0. The number of benzene rings is 1. The lowest BCUT2D eigenvalue weighted by Crippen LogP contribution is -2.37. The van der Waals surface area contributed by atoms with Crippen molar-refractivity contribution in [2.24, 2.45) is 5.92 Å². The molecular weight excluding hydrogens is 226 g/mol. The van der Waals surface area contributed by atoms with Crippen LogP contribution in [0.2, 0.25) is 0 Å². The Morgan fingerprint density at radius 1 is 1.28 bits per heavy atom. The number of nitrogens with zero attached hydrogens (tertiary/aromatic N) is 1. The van der Waals surface area contributed by atoms with Crippen LogP contribution in [-0.4, -0.2) is 23.7 Å². The lowest BCUT2D eigenvalue weighted by molar-refractivity contribution is -0.140. The monoisotopic (exact) mass is 249 g/mol. The van der Waals surface area contributed by atoms with Gasteiger partial charge >= 0.3 is 5.97 Å². The maximum atomic E-state index is 11.0. The molecule has 3 heteroatoms.